The van der Waals surface area contributed by atoms with E-state index in [1.54, 1.807) is 17.6 Å². The molecule has 29 heavy (non-hydrogen) atoms. The predicted molar refractivity (Wildman–Crippen MR) is 115 cm³/mol. The Kier molecular flexibility index (Phi) is 4.45. The van der Waals surface area contributed by atoms with E-state index in [0.29, 0.717) is 21.6 Å². The summed E-state index contributed by atoms with van der Waals surface area (Å²) in [7, 11) is 2.10. The van der Waals surface area contributed by atoms with Gasteiger partial charge in [0.2, 0.25) is 0 Å². The average molecular weight is 426 g/mol. The molecule has 7 nitrogen and oxygen atoms in total. The summed E-state index contributed by atoms with van der Waals surface area (Å²) in [6.07, 6.45) is 2.52. The Labute approximate surface area is 175 Å². The van der Waals surface area contributed by atoms with Crippen LogP contribution in [-0.2, 0) is 13.0 Å². The molecule has 148 valence electrons. The van der Waals surface area contributed by atoms with Crippen LogP contribution in [0.2, 0.25) is 0 Å². The Morgan fingerprint density at radius 2 is 2.10 bits per heavy atom. The Morgan fingerprint density at radius 3 is 2.90 bits per heavy atom. The van der Waals surface area contributed by atoms with Crippen LogP contribution in [0.1, 0.15) is 31.5 Å². The lowest BCUT2D eigenvalue weighted by atomic mass is 10.1. The van der Waals surface area contributed by atoms with Crippen LogP contribution in [0.3, 0.4) is 0 Å². The monoisotopic (exact) mass is 425 g/mol. The number of nitrogens with zero attached hydrogens (tertiary/aromatic N) is 4. The van der Waals surface area contributed by atoms with Gasteiger partial charge in [-0.15, -0.1) is 22.7 Å². The molecule has 1 aliphatic heterocycles. The molecule has 0 saturated heterocycles. The molecule has 5 heterocycles. The number of hydrogen-bond donors (Lipinski definition) is 1. The zero-order valence-corrected chi connectivity index (χ0v) is 17.9. The van der Waals surface area contributed by atoms with E-state index in [1.807, 2.05) is 26.0 Å². The number of anilines is 1. The van der Waals surface area contributed by atoms with Gasteiger partial charge >= 0.3 is 0 Å². The first kappa shape index (κ1) is 18.4. The quantitative estimate of drug-likeness (QED) is 0.528. The Hall–Kier alpha value is -2.62. The number of hydrogen-bond acceptors (Lipinski definition) is 8. The summed E-state index contributed by atoms with van der Waals surface area (Å²) >= 11 is 2.93. The van der Waals surface area contributed by atoms with E-state index in [1.165, 1.54) is 16.2 Å². The molecule has 5 rings (SSSR count). The molecule has 9 heteroatoms. The van der Waals surface area contributed by atoms with Crippen LogP contribution in [0.15, 0.2) is 22.8 Å². The summed E-state index contributed by atoms with van der Waals surface area (Å²) in [6, 6.07) is 3.64. The summed E-state index contributed by atoms with van der Waals surface area (Å²) < 4.78 is 5.42. The molecule has 0 atom stereocenters. The number of thiophene rings is 1. The second-order valence-corrected chi connectivity index (χ2v) is 9.26. The molecule has 0 radical (unpaired) electrons. The van der Waals surface area contributed by atoms with Crippen molar-refractivity contribution in [2.24, 2.45) is 0 Å². The maximum Gasteiger partial charge on any atom is 0.267 e. The van der Waals surface area contributed by atoms with Gasteiger partial charge in [0, 0.05) is 29.8 Å². The maximum atomic E-state index is 13.0. The van der Waals surface area contributed by atoms with Crippen molar-refractivity contribution in [1.29, 1.82) is 0 Å². The van der Waals surface area contributed by atoms with Crippen molar-refractivity contribution in [2.45, 2.75) is 26.8 Å². The molecule has 0 fully saturated rings. The fourth-order valence-electron chi connectivity index (χ4n) is 3.60. The van der Waals surface area contributed by atoms with Gasteiger partial charge in [-0.05, 0) is 38.6 Å². The van der Waals surface area contributed by atoms with Crippen molar-refractivity contribution in [3.05, 3.63) is 45.1 Å². The minimum Gasteiger partial charge on any atom is -0.461 e. The number of nitrogens with one attached hydrogen (secondary N) is 1. The van der Waals surface area contributed by atoms with Crippen molar-refractivity contribution in [3.63, 3.8) is 0 Å². The highest BCUT2D eigenvalue weighted by Crippen LogP contribution is 2.34. The third-order valence-electron chi connectivity index (χ3n) is 5.06. The highest BCUT2D eigenvalue weighted by molar-refractivity contribution is 7.21. The molecule has 1 N–H and O–H groups in total. The lowest BCUT2D eigenvalue weighted by Gasteiger charge is -2.20. The van der Waals surface area contributed by atoms with Gasteiger partial charge in [-0.25, -0.2) is 15.0 Å². The first-order valence-electron chi connectivity index (χ1n) is 9.29. The lowest BCUT2D eigenvalue weighted by molar-refractivity contribution is 0.103. The molecule has 0 bridgehead atoms. The van der Waals surface area contributed by atoms with Gasteiger partial charge in [0.25, 0.3) is 5.91 Å². The summed E-state index contributed by atoms with van der Waals surface area (Å²) in [6.45, 7) is 5.76. The van der Waals surface area contributed by atoms with Crippen LogP contribution in [0.4, 0.5) is 5.13 Å². The number of aromatic nitrogens is 3. The summed E-state index contributed by atoms with van der Waals surface area (Å²) in [4.78, 5) is 31.7. The Balaban J connectivity index is 1.47. The molecule has 0 aromatic carbocycles. The molecular weight excluding hydrogens is 406 g/mol. The topological polar surface area (TPSA) is 84.1 Å². The SMILES string of the molecule is Cc1nc(-c2ccco2)nc2sc(C(=O)Nc3nc4c(s3)CN(C)CC4)c(C)c12. The van der Waals surface area contributed by atoms with Crippen LogP contribution >= 0.6 is 22.7 Å². The third-order valence-corrected chi connectivity index (χ3v) is 7.24. The van der Waals surface area contributed by atoms with E-state index >= 15 is 0 Å². The van der Waals surface area contributed by atoms with E-state index in [9.17, 15) is 4.79 Å². The zero-order chi connectivity index (χ0) is 20.1. The van der Waals surface area contributed by atoms with Gasteiger partial charge in [0.1, 0.15) is 4.83 Å². The van der Waals surface area contributed by atoms with Crippen LogP contribution in [0.5, 0.6) is 0 Å². The number of carbonyl (C=O) groups is 1. The van der Waals surface area contributed by atoms with Gasteiger partial charge in [0.15, 0.2) is 16.7 Å². The highest BCUT2D eigenvalue weighted by Gasteiger charge is 2.23. The van der Waals surface area contributed by atoms with Gasteiger partial charge in [-0.1, -0.05) is 0 Å². The fourth-order valence-corrected chi connectivity index (χ4v) is 5.81. The number of thiazole rings is 1. The standard InChI is InChI=1S/C20H19N5O2S2/c1-10-15-11(2)21-17(13-5-4-8-27-13)23-19(15)29-16(10)18(26)24-20-22-12-6-7-25(3)9-14(12)28-20/h4-5,8H,6-7,9H2,1-3H3,(H,22,24,26). The molecule has 1 aliphatic rings. The number of fused-ring (bicyclic) bond motifs is 2. The van der Waals surface area contributed by atoms with E-state index in [-0.39, 0.29) is 5.91 Å². The van der Waals surface area contributed by atoms with Crippen molar-refractivity contribution >= 4 is 43.9 Å². The number of carbonyl (C=O) groups excluding carboxylic acids is 1. The largest absolute Gasteiger partial charge is 0.461 e. The second-order valence-electron chi connectivity index (χ2n) is 7.18. The van der Waals surface area contributed by atoms with Gasteiger partial charge in [-0.3, -0.25) is 10.1 Å². The van der Waals surface area contributed by atoms with Crippen LogP contribution in [0.25, 0.3) is 21.8 Å². The minimum absolute atomic E-state index is 0.149. The number of amides is 1. The van der Waals surface area contributed by atoms with Crippen molar-refractivity contribution in [1.82, 2.24) is 19.9 Å². The van der Waals surface area contributed by atoms with E-state index in [0.717, 1.165) is 46.7 Å². The smallest absolute Gasteiger partial charge is 0.267 e. The van der Waals surface area contributed by atoms with Crippen LogP contribution < -0.4 is 5.32 Å². The number of likely N-dealkylation sites (N-methyl/N-ethyl adjacent to an activating group) is 1. The highest BCUT2D eigenvalue weighted by atomic mass is 32.1. The summed E-state index contributed by atoms with van der Waals surface area (Å²) in [5.41, 5.74) is 2.83. The van der Waals surface area contributed by atoms with Gasteiger partial charge in [-0.2, -0.15) is 0 Å². The first-order valence-corrected chi connectivity index (χ1v) is 10.9. The van der Waals surface area contributed by atoms with E-state index < -0.39 is 0 Å². The van der Waals surface area contributed by atoms with Crippen molar-refractivity contribution < 1.29 is 9.21 Å². The minimum atomic E-state index is -0.149. The molecule has 4 aromatic heterocycles. The van der Waals surface area contributed by atoms with Gasteiger partial charge < -0.3 is 9.32 Å². The molecule has 0 saturated carbocycles. The number of aryl methyl sites for hydroxylation is 2. The molecule has 1 amide bonds. The molecule has 4 aromatic rings. The van der Waals surface area contributed by atoms with E-state index in [4.69, 9.17) is 4.42 Å². The lowest BCUT2D eigenvalue weighted by Crippen LogP contribution is -2.25. The fraction of sp³-hybridized carbons (Fsp3) is 0.300. The maximum absolute atomic E-state index is 13.0. The molecular formula is C20H19N5O2S2. The Morgan fingerprint density at radius 1 is 1.24 bits per heavy atom. The van der Waals surface area contributed by atoms with Gasteiger partial charge in [0.05, 0.1) is 22.5 Å². The molecule has 0 spiro atoms. The van der Waals surface area contributed by atoms with Crippen molar-refractivity contribution in [2.75, 3.05) is 18.9 Å². The Bertz CT molecular complexity index is 1230. The normalized spacial score (nSPS) is 14.3. The molecule has 0 aliphatic carbocycles. The second kappa shape index (κ2) is 7.01. The van der Waals surface area contributed by atoms with E-state index in [2.05, 4.69) is 32.2 Å². The van der Waals surface area contributed by atoms with Crippen molar-refractivity contribution in [3.8, 4) is 11.6 Å². The molecule has 0 unspecified atom stereocenters. The third kappa shape index (κ3) is 3.25. The number of rotatable bonds is 3. The summed E-state index contributed by atoms with van der Waals surface area (Å²) in [5, 5.41) is 4.57. The average Bonchev–Trinajstić information content (AvgIpc) is 3.40. The van der Waals surface area contributed by atoms with Crippen LogP contribution in [-0.4, -0.2) is 39.4 Å². The predicted octanol–water partition coefficient (Wildman–Crippen LogP) is 4.26. The first-order chi connectivity index (χ1) is 14.0. The summed E-state index contributed by atoms with van der Waals surface area (Å²) in [5.74, 6) is 0.999. The number of furan rings is 1. The zero-order valence-electron chi connectivity index (χ0n) is 16.3. The van der Waals surface area contributed by atoms with Crippen LogP contribution in [0, 0.1) is 13.8 Å².